The Morgan fingerprint density at radius 3 is 2.36 bits per heavy atom. The van der Waals surface area contributed by atoms with Crippen molar-refractivity contribution in [2.45, 2.75) is 26.4 Å². The van der Waals surface area contributed by atoms with E-state index in [9.17, 15) is 5.11 Å². The van der Waals surface area contributed by atoms with Crippen molar-refractivity contribution >= 4 is 0 Å². The van der Waals surface area contributed by atoms with Crippen molar-refractivity contribution in [1.82, 2.24) is 0 Å². The summed E-state index contributed by atoms with van der Waals surface area (Å²) in [4.78, 5) is 0. The zero-order valence-corrected chi connectivity index (χ0v) is 7.33. The molecule has 3 atom stereocenters. The van der Waals surface area contributed by atoms with Gasteiger partial charge in [-0.1, -0.05) is 19.9 Å². The van der Waals surface area contributed by atoms with Crippen LogP contribution in [0.1, 0.15) is 20.3 Å². The van der Waals surface area contributed by atoms with Crippen LogP contribution in [0.2, 0.25) is 0 Å². The first-order valence-corrected chi connectivity index (χ1v) is 4.08. The second kappa shape index (κ2) is 5.33. The first-order chi connectivity index (χ1) is 5.17. The largest absolute Gasteiger partial charge is 0.396 e. The summed E-state index contributed by atoms with van der Waals surface area (Å²) in [7, 11) is 0. The molecule has 0 aliphatic heterocycles. The van der Waals surface area contributed by atoms with Crippen molar-refractivity contribution in [3.8, 4) is 0 Å². The molecule has 0 fully saturated rings. The molecule has 0 bridgehead atoms. The van der Waals surface area contributed by atoms with Crippen molar-refractivity contribution in [2.75, 3.05) is 6.61 Å². The molecule has 2 N–H and O–H groups in total. The smallest absolute Gasteiger partial charge is 0.0649 e. The average molecular weight is 158 g/mol. The molecule has 2 heteroatoms. The van der Waals surface area contributed by atoms with Gasteiger partial charge in [-0.3, -0.25) is 0 Å². The van der Waals surface area contributed by atoms with Crippen molar-refractivity contribution in [1.29, 1.82) is 0 Å². The van der Waals surface area contributed by atoms with E-state index in [1.54, 1.807) is 6.08 Å². The molecule has 0 amide bonds. The number of aliphatic hydroxyl groups is 2. The molecule has 0 radical (unpaired) electrons. The molecule has 0 heterocycles. The van der Waals surface area contributed by atoms with Crippen molar-refractivity contribution < 1.29 is 10.2 Å². The quantitative estimate of drug-likeness (QED) is 0.590. The van der Waals surface area contributed by atoms with Crippen LogP contribution in [-0.4, -0.2) is 22.9 Å². The molecule has 0 aliphatic carbocycles. The summed E-state index contributed by atoms with van der Waals surface area (Å²) in [6.45, 7) is 7.50. The van der Waals surface area contributed by atoms with Crippen LogP contribution >= 0.6 is 0 Å². The van der Waals surface area contributed by atoms with Crippen LogP contribution in [0.25, 0.3) is 0 Å². The maximum atomic E-state index is 9.55. The summed E-state index contributed by atoms with van der Waals surface area (Å²) in [5, 5.41) is 18.4. The molecule has 0 aromatic heterocycles. The van der Waals surface area contributed by atoms with Gasteiger partial charge in [0, 0.05) is 18.4 Å². The second-order valence-electron chi connectivity index (χ2n) is 2.94. The van der Waals surface area contributed by atoms with Gasteiger partial charge in [-0.15, -0.1) is 6.58 Å². The minimum Gasteiger partial charge on any atom is -0.396 e. The molecule has 0 aromatic rings. The number of hydrogen-bond acceptors (Lipinski definition) is 2. The molecule has 0 rings (SSSR count). The molecule has 0 aromatic carbocycles. The summed E-state index contributed by atoms with van der Waals surface area (Å²) >= 11 is 0. The highest BCUT2D eigenvalue weighted by molar-refractivity contribution is 4.84. The van der Waals surface area contributed by atoms with E-state index in [0.29, 0.717) is 0 Å². The Bertz CT molecular complexity index is 108. The Morgan fingerprint density at radius 2 is 2.09 bits per heavy atom. The van der Waals surface area contributed by atoms with E-state index in [1.807, 2.05) is 13.8 Å². The predicted molar refractivity (Wildman–Crippen MR) is 46.2 cm³/mol. The van der Waals surface area contributed by atoms with E-state index >= 15 is 0 Å². The van der Waals surface area contributed by atoms with Crippen LogP contribution < -0.4 is 0 Å². The second-order valence-corrected chi connectivity index (χ2v) is 2.94. The van der Waals surface area contributed by atoms with E-state index in [-0.39, 0.29) is 18.4 Å². The lowest BCUT2D eigenvalue weighted by molar-refractivity contribution is 0.0404. The molecule has 2 nitrogen and oxygen atoms in total. The monoisotopic (exact) mass is 158 g/mol. The average Bonchev–Trinajstić information content (AvgIpc) is 2.05. The molecule has 66 valence electrons. The van der Waals surface area contributed by atoms with E-state index in [1.165, 1.54) is 0 Å². The minimum absolute atomic E-state index is 0.0111. The third kappa shape index (κ3) is 3.04. The van der Waals surface area contributed by atoms with Crippen molar-refractivity contribution in [3.63, 3.8) is 0 Å². The van der Waals surface area contributed by atoms with Gasteiger partial charge in [-0.05, 0) is 6.42 Å². The molecular weight excluding hydrogens is 140 g/mol. The van der Waals surface area contributed by atoms with Gasteiger partial charge in [0.1, 0.15) is 0 Å². The van der Waals surface area contributed by atoms with Gasteiger partial charge < -0.3 is 10.2 Å². The molecule has 0 spiro atoms. The fourth-order valence-electron chi connectivity index (χ4n) is 1.05. The fourth-order valence-corrected chi connectivity index (χ4v) is 1.05. The van der Waals surface area contributed by atoms with Crippen LogP contribution in [0.15, 0.2) is 12.7 Å². The van der Waals surface area contributed by atoms with E-state index < -0.39 is 6.10 Å². The van der Waals surface area contributed by atoms with Gasteiger partial charge in [0.25, 0.3) is 0 Å². The SMILES string of the molecule is C=CC(C)C(O)[C@H](CC)CO. The maximum absolute atomic E-state index is 9.55. The van der Waals surface area contributed by atoms with Crippen molar-refractivity contribution in [3.05, 3.63) is 12.7 Å². The molecule has 0 saturated heterocycles. The normalized spacial score (nSPS) is 18.9. The van der Waals surface area contributed by atoms with Gasteiger partial charge in [0.05, 0.1) is 6.10 Å². The van der Waals surface area contributed by atoms with Gasteiger partial charge in [-0.25, -0.2) is 0 Å². The number of hydrogen-bond donors (Lipinski definition) is 2. The lowest BCUT2D eigenvalue weighted by Crippen LogP contribution is -2.28. The predicted octanol–water partition coefficient (Wildman–Crippen LogP) is 1.19. The Balaban J connectivity index is 3.95. The molecular formula is C9H18O2. The van der Waals surface area contributed by atoms with Gasteiger partial charge in [-0.2, -0.15) is 0 Å². The van der Waals surface area contributed by atoms with Gasteiger partial charge in [0.15, 0.2) is 0 Å². The Kier molecular flexibility index (Phi) is 5.16. The molecule has 0 aliphatic rings. The summed E-state index contributed by atoms with van der Waals surface area (Å²) in [5.41, 5.74) is 0. The third-order valence-electron chi connectivity index (χ3n) is 2.15. The van der Waals surface area contributed by atoms with E-state index in [2.05, 4.69) is 6.58 Å². The Hall–Kier alpha value is -0.340. The summed E-state index contributed by atoms with van der Waals surface area (Å²) < 4.78 is 0. The minimum atomic E-state index is -0.456. The molecule has 11 heavy (non-hydrogen) atoms. The topological polar surface area (TPSA) is 40.5 Å². The van der Waals surface area contributed by atoms with Gasteiger partial charge in [0.2, 0.25) is 0 Å². The van der Waals surface area contributed by atoms with Crippen LogP contribution in [0, 0.1) is 11.8 Å². The number of rotatable bonds is 5. The molecule has 2 unspecified atom stereocenters. The molecule has 0 saturated carbocycles. The van der Waals surface area contributed by atoms with E-state index in [4.69, 9.17) is 5.11 Å². The third-order valence-corrected chi connectivity index (χ3v) is 2.15. The Morgan fingerprint density at radius 1 is 1.55 bits per heavy atom. The zero-order chi connectivity index (χ0) is 8.85. The summed E-state index contributed by atoms with van der Waals surface area (Å²) in [6, 6.07) is 0. The standard InChI is InChI=1S/C9H18O2/c1-4-7(3)9(11)8(5-2)6-10/h4,7-11H,1,5-6H2,2-3H3/t7?,8-,9?/m1/s1. The zero-order valence-electron chi connectivity index (χ0n) is 7.33. The highest BCUT2D eigenvalue weighted by Gasteiger charge is 2.20. The first kappa shape index (κ1) is 10.7. The van der Waals surface area contributed by atoms with E-state index in [0.717, 1.165) is 6.42 Å². The lowest BCUT2D eigenvalue weighted by atomic mass is 9.91. The Labute approximate surface area is 68.6 Å². The lowest BCUT2D eigenvalue weighted by Gasteiger charge is -2.22. The number of aliphatic hydroxyl groups excluding tert-OH is 2. The highest BCUT2D eigenvalue weighted by atomic mass is 16.3. The first-order valence-electron chi connectivity index (χ1n) is 4.08. The van der Waals surface area contributed by atoms with Crippen LogP contribution in [-0.2, 0) is 0 Å². The summed E-state index contributed by atoms with van der Waals surface area (Å²) in [6.07, 6.45) is 2.06. The fraction of sp³-hybridized carbons (Fsp3) is 0.778. The van der Waals surface area contributed by atoms with Crippen LogP contribution in [0.4, 0.5) is 0 Å². The maximum Gasteiger partial charge on any atom is 0.0649 e. The van der Waals surface area contributed by atoms with Crippen molar-refractivity contribution in [2.24, 2.45) is 11.8 Å². The highest BCUT2D eigenvalue weighted by Crippen LogP contribution is 2.16. The van der Waals surface area contributed by atoms with Crippen LogP contribution in [0.3, 0.4) is 0 Å². The summed E-state index contributed by atoms with van der Waals surface area (Å²) in [5.74, 6) is 0.0510. The van der Waals surface area contributed by atoms with Crippen LogP contribution in [0.5, 0.6) is 0 Å². The van der Waals surface area contributed by atoms with Gasteiger partial charge >= 0.3 is 0 Å².